The molecule has 1 saturated carbocycles. The maximum Gasteiger partial charge on any atom is 0.324 e. The summed E-state index contributed by atoms with van der Waals surface area (Å²) < 4.78 is 15.6. The van der Waals surface area contributed by atoms with Gasteiger partial charge >= 0.3 is 11.9 Å². The van der Waals surface area contributed by atoms with E-state index < -0.39 is 23.3 Å². The number of carbonyl (C=O) groups is 2. The molecule has 2 unspecified atom stereocenters. The van der Waals surface area contributed by atoms with Crippen molar-refractivity contribution in [1.29, 1.82) is 0 Å². The minimum Gasteiger partial charge on any atom is -0.465 e. The molecule has 0 bridgehead atoms. The fourth-order valence-corrected chi connectivity index (χ4v) is 3.12. The first-order valence-electron chi connectivity index (χ1n) is 6.78. The summed E-state index contributed by atoms with van der Waals surface area (Å²) in [6.07, 6.45) is 0.495. The third kappa shape index (κ3) is 2.06. The summed E-state index contributed by atoms with van der Waals surface area (Å²) in [6, 6.07) is 0. The van der Waals surface area contributed by atoms with Crippen LogP contribution in [0.4, 0.5) is 0 Å². The summed E-state index contributed by atoms with van der Waals surface area (Å²) in [7, 11) is 0. The van der Waals surface area contributed by atoms with Crippen LogP contribution in [0.5, 0.6) is 0 Å². The second-order valence-electron chi connectivity index (χ2n) is 4.87. The molecular weight excluding hydrogens is 266 g/mol. The molecule has 0 amide bonds. The van der Waals surface area contributed by atoms with Crippen molar-refractivity contribution < 1.29 is 29.0 Å². The van der Waals surface area contributed by atoms with Crippen LogP contribution in [0.3, 0.4) is 0 Å². The Balaban J connectivity index is 2.41. The number of rotatable bonds is 4. The summed E-state index contributed by atoms with van der Waals surface area (Å²) in [5, 5.41) is 12.3. The predicted molar refractivity (Wildman–Crippen MR) is 67.4 cm³/mol. The topological polar surface area (TPSA) is 94.4 Å². The molecule has 1 saturated heterocycles. The third-order valence-electron chi connectivity index (χ3n) is 3.94. The second-order valence-corrected chi connectivity index (χ2v) is 4.87. The van der Waals surface area contributed by atoms with Crippen LogP contribution in [-0.4, -0.2) is 48.8 Å². The Labute approximate surface area is 116 Å². The third-order valence-corrected chi connectivity index (χ3v) is 3.94. The van der Waals surface area contributed by atoms with E-state index in [9.17, 15) is 9.59 Å². The Morgan fingerprint density at radius 1 is 1.35 bits per heavy atom. The molecule has 112 valence electrons. The lowest BCUT2D eigenvalue weighted by Gasteiger charge is -2.29. The van der Waals surface area contributed by atoms with Crippen LogP contribution in [0.1, 0.15) is 26.7 Å². The molecule has 0 spiro atoms. The van der Waals surface area contributed by atoms with Crippen molar-refractivity contribution in [3.05, 3.63) is 0 Å². The molecule has 2 rings (SSSR count). The first kappa shape index (κ1) is 14.8. The zero-order valence-electron chi connectivity index (χ0n) is 11.6. The second kappa shape index (κ2) is 5.78. The van der Waals surface area contributed by atoms with Crippen LogP contribution >= 0.6 is 0 Å². The number of fused-ring (bicyclic) bond motifs is 1. The monoisotopic (exact) mass is 285 g/mol. The van der Waals surface area contributed by atoms with Gasteiger partial charge in [0, 0.05) is 0 Å². The minimum absolute atomic E-state index is 0.117. The van der Waals surface area contributed by atoms with Gasteiger partial charge in [0.25, 0.3) is 0 Å². The molecule has 1 aliphatic heterocycles. The number of hydrogen-bond donors (Lipinski definition) is 1. The summed E-state index contributed by atoms with van der Waals surface area (Å²) in [4.78, 5) is 24.7. The number of hydrogen-bond acceptors (Lipinski definition) is 7. The van der Waals surface area contributed by atoms with Gasteiger partial charge in [-0.15, -0.1) is 0 Å². The van der Waals surface area contributed by atoms with E-state index in [0.717, 1.165) is 0 Å². The van der Waals surface area contributed by atoms with Gasteiger partial charge in [-0.2, -0.15) is 0 Å². The number of nitrogens with zero attached hydrogens (tertiary/aromatic N) is 1. The Hall–Kier alpha value is -1.63. The Morgan fingerprint density at radius 3 is 2.45 bits per heavy atom. The number of carbonyl (C=O) groups excluding carboxylic acids is 2. The van der Waals surface area contributed by atoms with E-state index in [2.05, 4.69) is 5.16 Å². The summed E-state index contributed by atoms with van der Waals surface area (Å²) >= 11 is 0. The van der Waals surface area contributed by atoms with Gasteiger partial charge in [-0.05, 0) is 26.7 Å². The molecular formula is C13H19NO6. The van der Waals surface area contributed by atoms with Crippen LogP contribution < -0.4 is 0 Å². The molecule has 0 aromatic carbocycles. The highest BCUT2D eigenvalue weighted by Crippen LogP contribution is 2.50. The average molecular weight is 285 g/mol. The average Bonchev–Trinajstić information content (AvgIpc) is 2.99. The maximum absolute atomic E-state index is 12.4. The van der Waals surface area contributed by atoms with Crippen LogP contribution in [0.25, 0.3) is 0 Å². The van der Waals surface area contributed by atoms with Crippen molar-refractivity contribution in [1.82, 2.24) is 0 Å². The van der Waals surface area contributed by atoms with Crippen LogP contribution in [-0.2, 0) is 23.8 Å². The zero-order chi connectivity index (χ0) is 14.8. The first-order valence-corrected chi connectivity index (χ1v) is 6.78. The Morgan fingerprint density at radius 2 is 1.95 bits per heavy atom. The molecule has 1 aliphatic carbocycles. The van der Waals surface area contributed by atoms with Gasteiger partial charge in [-0.3, -0.25) is 9.59 Å². The summed E-state index contributed by atoms with van der Waals surface area (Å²) in [5.74, 6) is -1.86. The highest BCUT2D eigenvalue weighted by molar-refractivity contribution is 6.07. The fourth-order valence-electron chi connectivity index (χ4n) is 3.12. The highest BCUT2D eigenvalue weighted by atomic mass is 16.6. The van der Waals surface area contributed by atoms with E-state index in [-0.39, 0.29) is 32.3 Å². The van der Waals surface area contributed by atoms with Gasteiger partial charge in [0.15, 0.2) is 5.41 Å². The molecule has 1 N–H and O–H groups in total. The summed E-state index contributed by atoms with van der Waals surface area (Å²) in [5.41, 5.74) is -1.15. The predicted octanol–water partition coefficient (Wildman–Crippen LogP) is 0.738. The van der Waals surface area contributed by atoms with E-state index in [0.29, 0.717) is 12.1 Å². The van der Waals surface area contributed by atoms with E-state index in [1.165, 1.54) is 0 Å². The molecule has 1 heterocycles. The van der Waals surface area contributed by atoms with Gasteiger partial charge in [0.1, 0.15) is 0 Å². The zero-order valence-corrected chi connectivity index (χ0v) is 11.6. The lowest BCUT2D eigenvalue weighted by atomic mass is 9.75. The van der Waals surface area contributed by atoms with E-state index in [4.69, 9.17) is 19.4 Å². The molecule has 7 nitrogen and oxygen atoms in total. The van der Waals surface area contributed by atoms with Gasteiger partial charge in [0.05, 0.1) is 37.6 Å². The van der Waals surface area contributed by atoms with E-state index in [1.54, 1.807) is 13.8 Å². The number of ether oxygens (including phenoxy) is 3. The molecule has 2 aliphatic rings. The van der Waals surface area contributed by atoms with Crippen LogP contribution in [0.15, 0.2) is 5.16 Å². The molecule has 0 aromatic rings. The van der Waals surface area contributed by atoms with Gasteiger partial charge in [0.2, 0.25) is 0 Å². The van der Waals surface area contributed by atoms with Crippen molar-refractivity contribution in [2.75, 3.05) is 19.8 Å². The van der Waals surface area contributed by atoms with Gasteiger partial charge in [-0.25, -0.2) is 0 Å². The quantitative estimate of drug-likeness (QED) is 0.354. The molecule has 0 radical (unpaired) electrons. The largest absolute Gasteiger partial charge is 0.465 e. The van der Waals surface area contributed by atoms with Gasteiger partial charge < -0.3 is 19.4 Å². The Kier molecular flexibility index (Phi) is 4.27. The van der Waals surface area contributed by atoms with Crippen molar-refractivity contribution in [2.45, 2.75) is 32.8 Å². The first-order chi connectivity index (χ1) is 9.61. The molecule has 20 heavy (non-hydrogen) atoms. The Bertz CT molecular complexity index is 415. The lowest BCUT2D eigenvalue weighted by molar-refractivity contribution is -0.174. The van der Waals surface area contributed by atoms with Crippen molar-refractivity contribution in [2.24, 2.45) is 16.5 Å². The smallest absolute Gasteiger partial charge is 0.324 e. The maximum atomic E-state index is 12.4. The molecule has 7 heteroatoms. The van der Waals surface area contributed by atoms with Crippen molar-refractivity contribution >= 4 is 17.7 Å². The van der Waals surface area contributed by atoms with E-state index >= 15 is 0 Å². The molecule has 2 atom stereocenters. The summed E-state index contributed by atoms with van der Waals surface area (Å²) in [6.45, 7) is 3.81. The molecule has 0 aromatic heterocycles. The van der Waals surface area contributed by atoms with Crippen molar-refractivity contribution in [3.63, 3.8) is 0 Å². The highest BCUT2D eigenvalue weighted by Gasteiger charge is 2.65. The minimum atomic E-state index is -1.45. The standard InChI is InChI=1S/C13H19NO6/c1-3-18-11(15)13(12(16)19-4-2)6-5-9-10(13)8(14-17)7-20-9/h9-10,17H,3-7H2,1-2H3/b14-8+. The number of oxime groups is 1. The lowest BCUT2D eigenvalue weighted by Crippen LogP contribution is -2.48. The van der Waals surface area contributed by atoms with Crippen molar-refractivity contribution in [3.8, 4) is 0 Å². The van der Waals surface area contributed by atoms with E-state index in [1.807, 2.05) is 0 Å². The van der Waals surface area contributed by atoms with Gasteiger partial charge in [-0.1, -0.05) is 5.16 Å². The fraction of sp³-hybridized carbons (Fsp3) is 0.769. The van der Waals surface area contributed by atoms with Crippen LogP contribution in [0, 0.1) is 11.3 Å². The normalized spacial score (nSPS) is 29.2. The SMILES string of the molecule is CCOC(=O)C1(C(=O)OCC)CCC2OC/C(=N\O)C21. The van der Waals surface area contributed by atoms with Crippen LogP contribution in [0.2, 0.25) is 0 Å². The molecule has 2 fully saturated rings. The number of esters is 2.